The van der Waals surface area contributed by atoms with Gasteiger partial charge in [0, 0.05) is 46.2 Å². The number of halogens is 16. The van der Waals surface area contributed by atoms with Crippen molar-refractivity contribution in [2.45, 2.75) is 84.0 Å². The molecule has 14 nitrogen and oxygen atoms in total. The van der Waals surface area contributed by atoms with E-state index in [-0.39, 0.29) is 57.3 Å². The van der Waals surface area contributed by atoms with E-state index in [1.165, 1.54) is 78.8 Å². The number of nitrogen functional groups attached to an aromatic ring is 3. The molecule has 0 unspecified atom stereocenters. The summed E-state index contributed by atoms with van der Waals surface area (Å²) in [5.41, 5.74) is 24.0. The minimum Gasteiger partial charge on any atom is -0.0999 e. The number of aryl methyl sites for hydroxylation is 2. The Kier molecular flexibility index (Phi) is 30.5. The molecule has 0 aromatic heterocycles. The molecule has 0 saturated heterocycles. The van der Waals surface area contributed by atoms with Crippen molar-refractivity contribution in [2.24, 2.45) is 4.30 Å². The minimum atomic E-state index is -4.80. The summed E-state index contributed by atoms with van der Waals surface area (Å²) in [4.78, 5) is 0. The van der Waals surface area contributed by atoms with Gasteiger partial charge in [0.15, 0.2) is 57.5 Å². The average Bonchev–Trinajstić information content (AvgIpc) is 2.34. The van der Waals surface area contributed by atoms with Gasteiger partial charge < -0.3 is 64.6 Å². The van der Waals surface area contributed by atoms with Crippen LogP contribution in [-0.4, -0.2) is 90.9 Å². The van der Waals surface area contributed by atoms with Crippen LogP contribution in [0.5, 0.6) is 57.5 Å². The fourth-order valence-electron chi connectivity index (χ4n) is 6.68. The van der Waals surface area contributed by atoms with Gasteiger partial charge in [-0.15, -0.1) is 71.4 Å². The van der Waals surface area contributed by atoms with Crippen molar-refractivity contribution < 1.29 is 113 Å². The molecular weight excluding hydrogens is 1290 g/mol. The van der Waals surface area contributed by atoms with Crippen molar-refractivity contribution in [2.75, 3.05) is 52.7 Å². The molecule has 2 aliphatic rings. The van der Waals surface area contributed by atoms with Gasteiger partial charge in [-0.1, -0.05) is 44.5 Å². The van der Waals surface area contributed by atoms with Crippen molar-refractivity contribution in [3.8, 4) is 69.0 Å². The van der Waals surface area contributed by atoms with E-state index in [2.05, 4.69) is 108 Å². The molecule has 86 heavy (non-hydrogen) atoms. The predicted octanol–water partition coefficient (Wildman–Crippen LogP) is 15.2. The van der Waals surface area contributed by atoms with E-state index in [0.717, 1.165) is 59.7 Å². The summed E-state index contributed by atoms with van der Waals surface area (Å²) in [7, 11) is 13.6. The van der Waals surface area contributed by atoms with Crippen LogP contribution in [0.25, 0.3) is 6.08 Å². The zero-order valence-electron chi connectivity index (χ0n) is 46.7. The van der Waals surface area contributed by atoms with Crippen molar-refractivity contribution in [3.05, 3.63) is 105 Å². The SMILES string of the molecule is COc1cc(Br)c(N)cc1OC(F)(F)F.COc1cc(C#C[Si](C)(C)C)c(N)cc1OC(F)(F)F.COc1cc2c(cc1OC(F)(F)F)CC=C2.COc1cc2c(cc1OC(F)(F)F)CCC2.COc1ccc(N)cc1OC(F)(F)F.[B]=NS.[B]C. The Bertz CT molecular complexity index is 3070. The monoisotopic (exact) mass is 1340 g/mol. The van der Waals surface area contributed by atoms with Gasteiger partial charge in [-0.05, 0) is 100 Å². The summed E-state index contributed by atoms with van der Waals surface area (Å²) < 4.78 is 227. The van der Waals surface area contributed by atoms with Gasteiger partial charge in [0.05, 0.1) is 54.6 Å². The fraction of sp³-hybridized carbons (Fsp3) is 0.346. The largest absolute Gasteiger partial charge is 0.0999 e. The molecule has 6 N–H and O–H groups in total. The molecule has 0 atom stereocenters. The van der Waals surface area contributed by atoms with Gasteiger partial charge in [-0.2, -0.15) is 0 Å². The van der Waals surface area contributed by atoms with Crippen molar-refractivity contribution in [3.63, 3.8) is 0 Å². The van der Waals surface area contributed by atoms with Gasteiger partial charge in [0.25, 0.3) is 0 Å². The summed E-state index contributed by atoms with van der Waals surface area (Å²) in [5.74, 6) is 1.05. The standard InChI is InChI=1S/C13H16F3NO2Si.C11H11F3O2.C11H9F3O2.C8H7BrF3NO2.C8H8F3NO2.CH3B.BHNS/c1-18-11-7-9(5-6-20(2,3)4)10(17)8-12(11)19-13(14,15)16;2*1-15-9-5-7-3-2-4-8(7)6-10(9)16-11(12,13)14;1-14-6-2-4(9)5(13)3-7(6)15-8(10,11)12;1-13-6-3-2-5(12)4-7(6)14-8(9,10)11;1-2;1-2-3/h7-8H,17H2,1-4H3;5-6H,2-4H2,1H3;2-3,5-6H,4H2,1H3;2-3H,13H2,1H3;2-4H,12H2,1H3;1H3;3H. The Morgan fingerprint density at radius 3 is 1.26 bits per heavy atom. The molecule has 0 spiro atoms. The maximum atomic E-state index is 12.3. The molecule has 471 valence electrons. The first-order valence-electron chi connectivity index (χ1n) is 23.7. The van der Waals surface area contributed by atoms with Gasteiger partial charge in [-0.3, -0.25) is 0 Å². The minimum absolute atomic E-state index is 0.0171. The number of methoxy groups -OCH3 is 5. The summed E-state index contributed by atoms with van der Waals surface area (Å²) >= 11 is 6.25. The third-order valence-corrected chi connectivity index (χ3v) is 11.5. The molecule has 34 heteroatoms. The number of thiol groups is 1. The Morgan fingerprint density at radius 1 is 0.500 bits per heavy atom. The first kappa shape index (κ1) is 76.7. The molecule has 5 aromatic carbocycles. The summed E-state index contributed by atoms with van der Waals surface area (Å²) in [6.45, 7) is 7.65. The number of allylic oxidation sites excluding steroid dienone is 1. The molecule has 0 bridgehead atoms. The van der Waals surface area contributed by atoms with Crippen molar-refractivity contribution >= 4 is 75.4 Å². The second-order valence-corrected chi connectivity index (χ2v) is 23.1. The van der Waals surface area contributed by atoms with Gasteiger partial charge in [0.2, 0.25) is 0 Å². The molecule has 2 aliphatic carbocycles. The number of anilines is 3. The summed E-state index contributed by atoms with van der Waals surface area (Å²) in [6, 6.07) is 14.5. The Morgan fingerprint density at radius 2 is 0.849 bits per heavy atom. The first-order valence-corrected chi connectivity index (χ1v) is 28.4. The van der Waals surface area contributed by atoms with Crippen LogP contribution in [-0.2, 0) is 19.3 Å². The van der Waals surface area contributed by atoms with Crippen LogP contribution in [0.15, 0.2) is 81.6 Å². The second-order valence-electron chi connectivity index (χ2n) is 17.3. The van der Waals surface area contributed by atoms with E-state index < -0.39 is 57.1 Å². The zero-order valence-corrected chi connectivity index (χ0v) is 50.2. The van der Waals surface area contributed by atoms with E-state index in [0.29, 0.717) is 16.5 Å². The molecule has 5 aromatic rings. The average molecular weight is 1340 g/mol. The van der Waals surface area contributed by atoms with E-state index in [1.54, 1.807) is 12.1 Å². The quantitative estimate of drug-likeness (QED) is 0.0341. The Labute approximate surface area is 501 Å². The first-order chi connectivity index (χ1) is 39.7. The maximum Gasteiger partial charge on any atom is 0.0606 e. The summed E-state index contributed by atoms with van der Waals surface area (Å²) in [5, 5.41) is 0. The van der Waals surface area contributed by atoms with Crippen LogP contribution >= 0.6 is 28.7 Å². The smallest absolute Gasteiger partial charge is 0.0606 e. The molecule has 3 radical (unpaired) electrons. The van der Waals surface area contributed by atoms with Gasteiger partial charge in [-0.25, -0.2) is 0 Å². The number of hydrogen-bond donors (Lipinski definition) is 4. The van der Waals surface area contributed by atoms with E-state index >= 15 is 0 Å². The number of alkyl halides is 15. The van der Waals surface area contributed by atoms with Crippen LogP contribution in [0.2, 0.25) is 26.5 Å². The number of rotatable bonds is 10. The summed E-state index contributed by atoms with van der Waals surface area (Å²) in [6.07, 6.45) is -16.7. The zero-order chi connectivity index (χ0) is 66.2. The molecule has 0 aliphatic heterocycles. The third kappa shape index (κ3) is 29.2. The maximum absolute atomic E-state index is 12.3. The van der Waals surface area contributed by atoms with Crippen LogP contribution in [0.4, 0.5) is 82.9 Å². The van der Waals surface area contributed by atoms with Gasteiger partial charge >= 0.3 is 56.6 Å². The van der Waals surface area contributed by atoms with Crippen LogP contribution in [0.1, 0.15) is 34.2 Å². The molecule has 0 fully saturated rings. The second kappa shape index (κ2) is 34.2. The van der Waals surface area contributed by atoms with Crippen LogP contribution in [0, 0.1) is 11.5 Å². The van der Waals surface area contributed by atoms with E-state index in [1.807, 2.05) is 12.2 Å². The number of benzene rings is 5. The molecule has 0 amide bonds. The van der Waals surface area contributed by atoms with Crippen LogP contribution in [0.3, 0.4) is 0 Å². The van der Waals surface area contributed by atoms with Crippen molar-refractivity contribution in [1.29, 1.82) is 0 Å². The topological polar surface area (TPSA) is 183 Å². The van der Waals surface area contributed by atoms with Crippen molar-refractivity contribution in [1.82, 2.24) is 0 Å². The van der Waals surface area contributed by atoms with Crippen LogP contribution < -0.4 is 64.6 Å². The number of hydrogen-bond acceptors (Lipinski definition) is 15. The third-order valence-electron chi connectivity index (χ3n) is 9.95. The Balaban J connectivity index is 0.000000529. The number of fused-ring (bicyclic) bond motifs is 2. The molecule has 0 heterocycles. The predicted molar refractivity (Wildman–Crippen MR) is 303 cm³/mol. The number of nitrogens with zero attached hydrogens (tertiary/aromatic N) is 1. The molecule has 0 saturated carbocycles. The number of nitrogens with two attached hydrogens (primary N) is 3. The molecule has 7 rings (SSSR count). The normalized spacial score (nSPS) is 12.0. The molecular formula is C52H55B2BrF15N4O10SSi. The Hall–Kier alpha value is -7.27. The van der Waals surface area contributed by atoms with E-state index in [9.17, 15) is 65.9 Å². The van der Waals surface area contributed by atoms with Gasteiger partial charge in [0.1, 0.15) is 8.07 Å². The van der Waals surface area contributed by atoms with E-state index in [4.69, 9.17) is 36.1 Å². The number of ether oxygens (including phenoxy) is 10. The fourth-order valence-corrected chi connectivity index (χ4v) is 7.52.